The van der Waals surface area contributed by atoms with Crippen LogP contribution in [-0.4, -0.2) is 47.8 Å². The Hall–Kier alpha value is -2.48. The molecule has 0 spiro atoms. The number of hydrogen-bond donors (Lipinski definition) is 0. The number of fused-ring (bicyclic) bond motifs is 1. The van der Waals surface area contributed by atoms with Crippen molar-refractivity contribution in [3.8, 4) is 22.1 Å². The molecule has 3 aromatic rings. The van der Waals surface area contributed by atoms with Gasteiger partial charge < -0.3 is 9.47 Å². The molecule has 0 N–H and O–H groups in total. The average molecular weight is 412 g/mol. The molecule has 0 aliphatic carbocycles. The Morgan fingerprint density at radius 3 is 2.55 bits per heavy atom. The zero-order chi connectivity index (χ0) is 19.6. The van der Waals surface area contributed by atoms with Gasteiger partial charge in [-0.3, -0.25) is 9.80 Å². The summed E-state index contributed by atoms with van der Waals surface area (Å²) >= 11 is 1.66. The molecule has 150 valence electrons. The summed E-state index contributed by atoms with van der Waals surface area (Å²) < 4.78 is 24.2. The first kappa shape index (κ1) is 18.5. The van der Waals surface area contributed by atoms with Gasteiger partial charge in [0.1, 0.15) is 10.8 Å². The van der Waals surface area contributed by atoms with E-state index >= 15 is 0 Å². The third-order valence-electron chi connectivity index (χ3n) is 5.32. The molecule has 2 aromatic carbocycles. The van der Waals surface area contributed by atoms with E-state index in [4.69, 9.17) is 14.5 Å². The van der Waals surface area contributed by atoms with Crippen LogP contribution in [0, 0.1) is 5.82 Å². The Balaban J connectivity index is 1.16. The largest absolute Gasteiger partial charge is 0.454 e. The summed E-state index contributed by atoms with van der Waals surface area (Å²) in [5.41, 5.74) is 3.19. The smallest absolute Gasteiger partial charge is 0.231 e. The molecule has 3 heterocycles. The topological polar surface area (TPSA) is 37.8 Å². The van der Waals surface area contributed by atoms with Crippen molar-refractivity contribution < 1.29 is 13.9 Å². The highest BCUT2D eigenvalue weighted by Crippen LogP contribution is 2.36. The Morgan fingerprint density at radius 2 is 1.72 bits per heavy atom. The van der Waals surface area contributed by atoms with Crippen molar-refractivity contribution in [2.45, 2.75) is 13.1 Å². The van der Waals surface area contributed by atoms with Crippen molar-refractivity contribution in [3.05, 3.63) is 64.9 Å². The Morgan fingerprint density at radius 1 is 0.931 bits per heavy atom. The Kier molecular flexibility index (Phi) is 5.18. The third kappa shape index (κ3) is 4.27. The lowest BCUT2D eigenvalue weighted by atomic mass is 10.2. The normalized spacial score (nSPS) is 17.0. The van der Waals surface area contributed by atoms with Crippen LogP contribution in [0.25, 0.3) is 10.6 Å². The molecule has 5 nitrogen and oxygen atoms in total. The van der Waals surface area contributed by atoms with Gasteiger partial charge in [0.15, 0.2) is 11.5 Å². The maximum Gasteiger partial charge on any atom is 0.231 e. The third-order valence-corrected chi connectivity index (χ3v) is 6.26. The van der Waals surface area contributed by atoms with Crippen LogP contribution in [0.3, 0.4) is 0 Å². The van der Waals surface area contributed by atoms with Gasteiger partial charge in [0.25, 0.3) is 0 Å². The van der Waals surface area contributed by atoms with Gasteiger partial charge in [-0.05, 0) is 35.9 Å². The molecule has 1 fully saturated rings. The van der Waals surface area contributed by atoms with E-state index in [2.05, 4.69) is 15.2 Å². The summed E-state index contributed by atoms with van der Waals surface area (Å²) in [4.78, 5) is 9.63. The molecule has 0 radical (unpaired) electrons. The molecule has 0 bridgehead atoms. The highest BCUT2D eigenvalue weighted by Gasteiger charge is 2.19. The lowest BCUT2D eigenvalue weighted by molar-refractivity contribution is 0.121. The van der Waals surface area contributed by atoms with Crippen molar-refractivity contribution >= 4 is 11.3 Å². The fourth-order valence-corrected chi connectivity index (χ4v) is 4.58. The van der Waals surface area contributed by atoms with Crippen LogP contribution in [0.2, 0.25) is 0 Å². The molecular formula is C22H22FN3O2S. The number of hydrogen-bond acceptors (Lipinski definition) is 6. The summed E-state index contributed by atoms with van der Waals surface area (Å²) in [7, 11) is 0. The van der Waals surface area contributed by atoms with Crippen LogP contribution >= 0.6 is 11.3 Å². The molecule has 2 aliphatic heterocycles. The maximum atomic E-state index is 13.4. The Bertz CT molecular complexity index is 1000. The second-order valence-electron chi connectivity index (χ2n) is 7.39. The van der Waals surface area contributed by atoms with E-state index in [0.717, 1.165) is 72.6 Å². The van der Waals surface area contributed by atoms with Gasteiger partial charge in [0.2, 0.25) is 6.79 Å². The maximum absolute atomic E-state index is 13.4. The number of rotatable bonds is 5. The second kappa shape index (κ2) is 8.10. The van der Waals surface area contributed by atoms with Crippen LogP contribution in [0.4, 0.5) is 4.39 Å². The molecule has 0 amide bonds. The van der Waals surface area contributed by atoms with E-state index < -0.39 is 0 Å². The van der Waals surface area contributed by atoms with Crippen LogP contribution in [0.5, 0.6) is 11.5 Å². The minimum absolute atomic E-state index is 0.164. The SMILES string of the molecule is Fc1cccc(CN2CCN(Cc3csc(-c4ccc5c(c4)OCO5)n3)CC2)c1. The lowest BCUT2D eigenvalue weighted by Gasteiger charge is -2.34. The van der Waals surface area contributed by atoms with E-state index in [9.17, 15) is 4.39 Å². The van der Waals surface area contributed by atoms with E-state index in [0.29, 0.717) is 0 Å². The molecule has 7 heteroatoms. The van der Waals surface area contributed by atoms with E-state index in [1.807, 2.05) is 24.3 Å². The molecule has 2 aliphatic rings. The zero-order valence-corrected chi connectivity index (χ0v) is 16.8. The quantitative estimate of drug-likeness (QED) is 0.635. The summed E-state index contributed by atoms with van der Waals surface area (Å²) in [6.45, 7) is 5.89. The van der Waals surface area contributed by atoms with Gasteiger partial charge in [0, 0.05) is 50.2 Å². The van der Waals surface area contributed by atoms with Crippen molar-refractivity contribution in [2.75, 3.05) is 33.0 Å². The highest BCUT2D eigenvalue weighted by atomic mass is 32.1. The minimum Gasteiger partial charge on any atom is -0.454 e. The van der Waals surface area contributed by atoms with Crippen molar-refractivity contribution in [1.82, 2.24) is 14.8 Å². The number of benzene rings is 2. The van der Waals surface area contributed by atoms with Gasteiger partial charge in [-0.25, -0.2) is 9.37 Å². The molecule has 1 aromatic heterocycles. The number of piperazine rings is 1. The molecular weight excluding hydrogens is 389 g/mol. The Labute approximate surface area is 173 Å². The van der Waals surface area contributed by atoms with Crippen LogP contribution in [-0.2, 0) is 13.1 Å². The standard InChI is InChI=1S/C22H22FN3O2S/c23-18-3-1-2-16(10-18)12-25-6-8-26(9-7-25)13-19-14-29-22(24-19)17-4-5-20-21(11-17)28-15-27-20/h1-5,10-11,14H,6-9,12-13,15H2. The predicted octanol–water partition coefficient (Wildman–Crippen LogP) is 4.00. The molecule has 29 heavy (non-hydrogen) atoms. The van der Waals surface area contributed by atoms with Gasteiger partial charge in [-0.2, -0.15) is 0 Å². The van der Waals surface area contributed by atoms with Crippen LogP contribution in [0.1, 0.15) is 11.3 Å². The van der Waals surface area contributed by atoms with Gasteiger partial charge in [-0.1, -0.05) is 12.1 Å². The first-order chi connectivity index (χ1) is 14.2. The summed E-state index contributed by atoms with van der Waals surface area (Å²) in [5, 5.41) is 3.14. The first-order valence-corrected chi connectivity index (χ1v) is 10.6. The monoisotopic (exact) mass is 411 g/mol. The van der Waals surface area contributed by atoms with E-state index in [-0.39, 0.29) is 12.6 Å². The first-order valence-electron chi connectivity index (χ1n) is 9.76. The molecule has 5 rings (SSSR count). The number of halogens is 1. The lowest BCUT2D eigenvalue weighted by Crippen LogP contribution is -2.45. The molecule has 0 saturated carbocycles. The number of nitrogens with zero attached hydrogens (tertiary/aromatic N) is 3. The van der Waals surface area contributed by atoms with Crippen LogP contribution in [0.15, 0.2) is 47.8 Å². The minimum atomic E-state index is -0.164. The molecule has 0 unspecified atom stereocenters. The van der Waals surface area contributed by atoms with Crippen LogP contribution < -0.4 is 9.47 Å². The highest BCUT2D eigenvalue weighted by molar-refractivity contribution is 7.13. The van der Waals surface area contributed by atoms with Crippen molar-refractivity contribution in [3.63, 3.8) is 0 Å². The average Bonchev–Trinajstić information content (AvgIpc) is 3.38. The molecule has 1 saturated heterocycles. The van der Waals surface area contributed by atoms with E-state index in [1.54, 1.807) is 23.5 Å². The van der Waals surface area contributed by atoms with Crippen molar-refractivity contribution in [1.29, 1.82) is 0 Å². The number of aromatic nitrogens is 1. The van der Waals surface area contributed by atoms with Gasteiger partial charge in [0.05, 0.1) is 5.69 Å². The van der Waals surface area contributed by atoms with Crippen molar-refractivity contribution in [2.24, 2.45) is 0 Å². The fraction of sp³-hybridized carbons (Fsp3) is 0.318. The van der Waals surface area contributed by atoms with Gasteiger partial charge in [-0.15, -0.1) is 11.3 Å². The molecule has 0 atom stereocenters. The van der Waals surface area contributed by atoms with Gasteiger partial charge >= 0.3 is 0 Å². The fourth-order valence-electron chi connectivity index (χ4n) is 3.77. The zero-order valence-electron chi connectivity index (χ0n) is 16.0. The summed E-state index contributed by atoms with van der Waals surface area (Å²) in [5.74, 6) is 1.42. The summed E-state index contributed by atoms with van der Waals surface area (Å²) in [6.07, 6.45) is 0. The number of ether oxygens (including phenoxy) is 2. The predicted molar refractivity (Wildman–Crippen MR) is 111 cm³/mol. The summed E-state index contributed by atoms with van der Waals surface area (Å²) in [6, 6.07) is 12.9. The van der Waals surface area contributed by atoms with E-state index in [1.165, 1.54) is 6.07 Å². The number of thiazole rings is 1. The second-order valence-corrected chi connectivity index (χ2v) is 8.25.